The van der Waals surface area contributed by atoms with Gasteiger partial charge >= 0.3 is 0 Å². The number of ether oxygens (including phenoxy) is 1. The fourth-order valence-electron chi connectivity index (χ4n) is 2.26. The molecule has 0 radical (unpaired) electrons. The Morgan fingerprint density at radius 1 is 1.20 bits per heavy atom. The summed E-state index contributed by atoms with van der Waals surface area (Å²) in [6, 6.07) is 12.3. The van der Waals surface area contributed by atoms with Crippen LogP contribution in [-0.2, 0) is 11.2 Å². The molecule has 128 valence electrons. The van der Waals surface area contributed by atoms with Crippen molar-refractivity contribution in [3.05, 3.63) is 59.7 Å². The van der Waals surface area contributed by atoms with Crippen LogP contribution in [0.15, 0.2) is 48.5 Å². The van der Waals surface area contributed by atoms with Gasteiger partial charge in [-0.25, -0.2) is 0 Å². The normalized spacial score (nSPS) is 10.4. The molecule has 0 heterocycles. The van der Waals surface area contributed by atoms with Gasteiger partial charge < -0.3 is 21.5 Å². The van der Waals surface area contributed by atoms with Crippen molar-refractivity contribution in [2.45, 2.75) is 12.8 Å². The van der Waals surface area contributed by atoms with Crippen LogP contribution in [0.4, 0.5) is 11.4 Å². The Kier molecular flexibility index (Phi) is 6.43. The molecule has 25 heavy (non-hydrogen) atoms. The molecule has 0 aliphatic rings. The monoisotopic (exact) mass is 336 g/mol. The number of nitrogens with zero attached hydrogens (tertiary/aromatic N) is 1. The summed E-state index contributed by atoms with van der Waals surface area (Å²) in [4.78, 5) is 11.8. The number of nitrogen functional groups attached to an aromatic ring is 2. The fraction of sp³-hybridized carbons (Fsp3) is 0.158. The van der Waals surface area contributed by atoms with Gasteiger partial charge in [-0.2, -0.15) is 0 Å². The number of nitriles is 1. The quantitative estimate of drug-likeness (QED) is 0.311. The van der Waals surface area contributed by atoms with Crippen LogP contribution in [0.3, 0.4) is 0 Å². The van der Waals surface area contributed by atoms with Gasteiger partial charge in [-0.3, -0.25) is 4.79 Å². The van der Waals surface area contributed by atoms with E-state index in [4.69, 9.17) is 16.7 Å². The van der Waals surface area contributed by atoms with Crippen LogP contribution in [0.2, 0.25) is 0 Å². The van der Waals surface area contributed by atoms with Crippen molar-refractivity contribution in [3.8, 4) is 12.0 Å². The molecule has 0 unspecified atom stereocenters. The van der Waals surface area contributed by atoms with Crippen LogP contribution >= 0.6 is 0 Å². The van der Waals surface area contributed by atoms with Crippen LogP contribution < -0.4 is 21.5 Å². The zero-order valence-corrected chi connectivity index (χ0v) is 13.7. The van der Waals surface area contributed by atoms with Crippen LogP contribution in [0.25, 0.3) is 6.08 Å². The first-order valence-electron chi connectivity index (χ1n) is 7.84. The predicted molar refractivity (Wildman–Crippen MR) is 98.3 cm³/mol. The molecule has 0 aliphatic carbocycles. The Labute approximate surface area is 146 Å². The molecule has 2 rings (SSSR count). The van der Waals surface area contributed by atoms with E-state index in [1.165, 1.54) is 6.08 Å². The Morgan fingerprint density at radius 2 is 1.96 bits per heavy atom. The van der Waals surface area contributed by atoms with Gasteiger partial charge in [0.25, 0.3) is 6.26 Å². The largest absolute Gasteiger partial charge is 0.399 e. The summed E-state index contributed by atoms with van der Waals surface area (Å²) < 4.78 is 4.69. The molecular weight excluding hydrogens is 316 g/mol. The minimum absolute atomic E-state index is 0.169. The predicted octanol–water partition coefficient (Wildman–Crippen LogP) is 2.47. The highest BCUT2D eigenvalue weighted by atomic mass is 16.5. The Balaban J connectivity index is 1.75. The van der Waals surface area contributed by atoms with Crippen molar-refractivity contribution in [1.82, 2.24) is 5.32 Å². The number of nitrogens with one attached hydrogen (secondary N) is 1. The molecule has 0 saturated heterocycles. The van der Waals surface area contributed by atoms with E-state index >= 15 is 0 Å². The molecule has 6 heteroatoms. The SMILES string of the molecule is N#COc1ccc(/C=C/C(=O)NCCCc2cc(N)ccc2N)cc1. The zero-order chi connectivity index (χ0) is 18.1. The first kappa shape index (κ1) is 17.9. The number of aryl methyl sites for hydroxylation is 1. The van der Waals surface area contributed by atoms with Crippen molar-refractivity contribution >= 4 is 23.4 Å². The first-order valence-corrected chi connectivity index (χ1v) is 7.84. The van der Waals surface area contributed by atoms with E-state index in [0.29, 0.717) is 23.7 Å². The minimum Gasteiger partial charge on any atom is -0.399 e. The molecule has 0 aliphatic heterocycles. The van der Waals surface area contributed by atoms with Gasteiger partial charge in [0, 0.05) is 24.0 Å². The van der Waals surface area contributed by atoms with Crippen LogP contribution in [-0.4, -0.2) is 12.5 Å². The van der Waals surface area contributed by atoms with Crippen molar-refractivity contribution < 1.29 is 9.53 Å². The zero-order valence-electron chi connectivity index (χ0n) is 13.7. The summed E-state index contributed by atoms with van der Waals surface area (Å²) in [7, 11) is 0. The van der Waals surface area contributed by atoms with Crippen molar-refractivity contribution in [2.75, 3.05) is 18.0 Å². The lowest BCUT2D eigenvalue weighted by atomic mass is 10.1. The number of hydrogen-bond acceptors (Lipinski definition) is 5. The average Bonchev–Trinajstić information content (AvgIpc) is 2.61. The third-order valence-corrected chi connectivity index (χ3v) is 3.56. The summed E-state index contributed by atoms with van der Waals surface area (Å²) in [5.74, 6) is 0.294. The van der Waals surface area contributed by atoms with E-state index in [2.05, 4.69) is 10.1 Å². The number of anilines is 2. The third-order valence-electron chi connectivity index (χ3n) is 3.56. The topological polar surface area (TPSA) is 114 Å². The van der Waals surface area contributed by atoms with E-state index < -0.39 is 0 Å². The lowest BCUT2D eigenvalue weighted by molar-refractivity contribution is -0.116. The number of hydrogen-bond donors (Lipinski definition) is 3. The van der Waals surface area contributed by atoms with E-state index in [1.54, 1.807) is 48.7 Å². The Morgan fingerprint density at radius 3 is 2.68 bits per heavy atom. The summed E-state index contributed by atoms with van der Waals surface area (Å²) in [5.41, 5.74) is 14.9. The van der Waals surface area contributed by atoms with Crippen LogP contribution in [0, 0.1) is 11.5 Å². The van der Waals surface area contributed by atoms with Gasteiger partial charge in [-0.15, -0.1) is 5.26 Å². The minimum atomic E-state index is -0.169. The molecule has 0 atom stereocenters. The molecule has 1 amide bonds. The fourth-order valence-corrected chi connectivity index (χ4v) is 2.26. The number of nitrogens with two attached hydrogens (primary N) is 2. The van der Waals surface area contributed by atoms with Gasteiger partial charge in [0.2, 0.25) is 5.91 Å². The summed E-state index contributed by atoms with van der Waals surface area (Å²) in [6.07, 6.45) is 6.29. The smallest absolute Gasteiger partial charge is 0.292 e. The molecule has 0 bridgehead atoms. The lowest BCUT2D eigenvalue weighted by Crippen LogP contribution is -2.22. The molecule has 0 aromatic heterocycles. The highest BCUT2D eigenvalue weighted by molar-refractivity contribution is 5.91. The highest BCUT2D eigenvalue weighted by Crippen LogP contribution is 2.17. The maximum absolute atomic E-state index is 11.8. The summed E-state index contributed by atoms with van der Waals surface area (Å²) in [5, 5.41) is 11.2. The standard InChI is InChI=1S/C19H20N4O2/c20-13-25-17-7-3-14(4-8-17)5-10-19(24)23-11-1-2-15-12-16(21)6-9-18(15)22/h3-10,12H,1-2,11,21-22H2,(H,23,24)/b10-5+. The number of carbonyl (C=O) groups excluding carboxylic acids is 1. The van der Waals surface area contributed by atoms with Crippen molar-refractivity contribution in [3.63, 3.8) is 0 Å². The van der Waals surface area contributed by atoms with E-state index in [-0.39, 0.29) is 5.91 Å². The van der Waals surface area contributed by atoms with Crippen molar-refractivity contribution in [2.24, 2.45) is 0 Å². The Hall–Kier alpha value is -3.46. The molecule has 2 aromatic carbocycles. The summed E-state index contributed by atoms with van der Waals surface area (Å²) in [6.45, 7) is 0.548. The maximum atomic E-state index is 11.8. The van der Waals surface area contributed by atoms with Gasteiger partial charge in [-0.05, 0) is 60.4 Å². The molecule has 5 N–H and O–H groups in total. The molecule has 0 spiro atoms. The number of carbonyl (C=O) groups is 1. The van der Waals surface area contributed by atoms with E-state index in [1.807, 2.05) is 6.07 Å². The molecule has 0 fully saturated rings. The second kappa shape index (κ2) is 8.99. The third kappa shape index (κ3) is 5.92. The van der Waals surface area contributed by atoms with Crippen LogP contribution in [0.5, 0.6) is 5.75 Å². The van der Waals surface area contributed by atoms with Crippen molar-refractivity contribution in [1.29, 1.82) is 5.26 Å². The van der Waals surface area contributed by atoms with Crippen LogP contribution in [0.1, 0.15) is 17.5 Å². The number of amides is 1. The van der Waals surface area contributed by atoms with Gasteiger partial charge in [0.15, 0.2) is 0 Å². The summed E-state index contributed by atoms with van der Waals surface area (Å²) >= 11 is 0. The second-order valence-electron chi connectivity index (χ2n) is 5.45. The van der Waals surface area contributed by atoms with Gasteiger partial charge in [0.1, 0.15) is 5.75 Å². The van der Waals surface area contributed by atoms with E-state index in [0.717, 1.165) is 24.0 Å². The number of benzene rings is 2. The van der Waals surface area contributed by atoms with E-state index in [9.17, 15) is 4.79 Å². The number of rotatable bonds is 7. The average molecular weight is 336 g/mol. The van der Waals surface area contributed by atoms with Gasteiger partial charge in [0.05, 0.1) is 0 Å². The maximum Gasteiger partial charge on any atom is 0.292 e. The molecule has 2 aromatic rings. The molecule has 6 nitrogen and oxygen atoms in total. The lowest BCUT2D eigenvalue weighted by Gasteiger charge is -2.07. The molecule has 0 saturated carbocycles. The highest BCUT2D eigenvalue weighted by Gasteiger charge is 2.01. The first-order chi connectivity index (χ1) is 12.1. The van der Waals surface area contributed by atoms with Gasteiger partial charge in [-0.1, -0.05) is 12.1 Å². The molecular formula is C19H20N4O2. The Bertz CT molecular complexity index is 792. The second-order valence-corrected chi connectivity index (χ2v) is 5.45.